The summed E-state index contributed by atoms with van der Waals surface area (Å²) in [6, 6.07) is 3.30. The van der Waals surface area contributed by atoms with E-state index in [1.54, 1.807) is 0 Å². The van der Waals surface area contributed by atoms with Gasteiger partial charge in [0.2, 0.25) is 0 Å². The fourth-order valence-electron chi connectivity index (χ4n) is 1.45. The number of hydrogen-bond acceptors (Lipinski definition) is 6. The maximum atomic E-state index is 11.9. The Morgan fingerprint density at radius 3 is 2.62 bits per heavy atom. The highest BCUT2D eigenvalue weighted by atomic mass is 16.6. The number of carbonyl (C=O) groups excluding carboxylic acids is 2. The molecule has 1 aromatic carbocycles. The molecule has 0 aliphatic rings. The average molecular weight is 296 g/mol. The molecule has 0 spiro atoms. The molecule has 1 amide bonds. The fourth-order valence-corrected chi connectivity index (χ4v) is 1.45. The Morgan fingerprint density at radius 1 is 1.43 bits per heavy atom. The molecule has 0 aromatic heterocycles. The molecule has 0 bridgehead atoms. The zero-order valence-corrected chi connectivity index (χ0v) is 10.9. The van der Waals surface area contributed by atoms with Crippen molar-refractivity contribution in [1.29, 1.82) is 0 Å². The van der Waals surface area contributed by atoms with Crippen molar-refractivity contribution < 1.29 is 29.2 Å². The maximum absolute atomic E-state index is 11.9. The lowest BCUT2D eigenvalue weighted by atomic mass is 10.1. The summed E-state index contributed by atoms with van der Waals surface area (Å²) in [6.45, 7) is 0. The van der Waals surface area contributed by atoms with E-state index in [1.165, 1.54) is 18.2 Å². The summed E-state index contributed by atoms with van der Waals surface area (Å²) < 4.78 is 4.33. The van der Waals surface area contributed by atoms with Crippen molar-refractivity contribution >= 4 is 23.5 Å². The lowest BCUT2D eigenvalue weighted by Crippen LogP contribution is -2.42. The van der Waals surface area contributed by atoms with Gasteiger partial charge in [0.05, 0.1) is 18.5 Å². The van der Waals surface area contributed by atoms with Crippen molar-refractivity contribution in [2.24, 2.45) is 0 Å². The molecular formula is C12H12N2O7. The van der Waals surface area contributed by atoms with Gasteiger partial charge in [-0.2, -0.15) is 0 Å². The number of carbonyl (C=O) groups is 3. The van der Waals surface area contributed by atoms with E-state index < -0.39 is 35.2 Å². The number of non-ortho nitro benzene ring substituents is 1. The van der Waals surface area contributed by atoms with Gasteiger partial charge < -0.3 is 15.2 Å². The Bertz CT molecular complexity index is 585. The summed E-state index contributed by atoms with van der Waals surface area (Å²) in [5.74, 6) is -3.06. The third kappa shape index (κ3) is 4.56. The number of hydrogen-bond donors (Lipinski definition) is 2. The van der Waals surface area contributed by atoms with E-state index in [4.69, 9.17) is 5.11 Å². The van der Waals surface area contributed by atoms with Crippen LogP contribution < -0.4 is 5.32 Å². The molecule has 0 radical (unpaired) electrons. The van der Waals surface area contributed by atoms with Crippen LogP contribution in [0.3, 0.4) is 0 Å². The van der Waals surface area contributed by atoms with Gasteiger partial charge in [0.25, 0.3) is 11.6 Å². The van der Waals surface area contributed by atoms with Crippen molar-refractivity contribution in [2.75, 3.05) is 7.11 Å². The zero-order chi connectivity index (χ0) is 16.0. The van der Waals surface area contributed by atoms with Gasteiger partial charge in [0, 0.05) is 17.7 Å². The van der Waals surface area contributed by atoms with Crippen LogP contribution in [0.1, 0.15) is 16.8 Å². The minimum absolute atomic E-state index is 0.0830. The summed E-state index contributed by atoms with van der Waals surface area (Å²) in [5, 5.41) is 21.6. The van der Waals surface area contributed by atoms with Gasteiger partial charge in [0.1, 0.15) is 6.04 Å². The van der Waals surface area contributed by atoms with Crippen molar-refractivity contribution in [3.63, 3.8) is 0 Å². The number of nitrogens with zero attached hydrogens (tertiary/aromatic N) is 1. The van der Waals surface area contributed by atoms with Gasteiger partial charge >= 0.3 is 11.9 Å². The van der Waals surface area contributed by atoms with Crippen LogP contribution in [0.4, 0.5) is 5.69 Å². The summed E-state index contributed by atoms with van der Waals surface area (Å²) >= 11 is 0. The van der Waals surface area contributed by atoms with E-state index in [0.29, 0.717) is 0 Å². The van der Waals surface area contributed by atoms with Crippen LogP contribution in [0, 0.1) is 10.1 Å². The molecule has 21 heavy (non-hydrogen) atoms. The molecule has 0 fully saturated rings. The molecule has 112 valence electrons. The van der Waals surface area contributed by atoms with Crippen LogP contribution in [0.5, 0.6) is 0 Å². The monoisotopic (exact) mass is 296 g/mol. The summed E-state index contributed by atoms with van der Waals surface area (Å²) in [4.78, 5) is 43.8. The number of carboxylic acids is 1. The van der Waals surface area contributed by atoms with Gasteiger partial charge in [-0.1, -0.05) is 6.07 Å². The molecule has 9 nitrogen and oxygen atoms in total. The standard InChI is InChI=1S/C12H12N2O7/c1-21-10(15)6-9(12(17)18)13-11(16)7-3-2-4-8(5-7)14(19)20/h2-5,9H,6H2,1H3,(H,13,16)(H,17,18). The lowest BCUT2D eigenvalue weighted by Gasteiger charge is -2.13. The van der Waals surface area contributed by atoms with E-state index in [1.807, 2.05) is 0 Å². The maximum Gasteiger partial charge on any atom is 0.326 e. The number of methoxy groups -OCH3 is 1. The van der Waals surface area contributed by atoms with Crippen molar-refractivity contribution in [2.45, 2.75) is 12.5 Å². The van der Waals surface area contributed by atoms with Crippen LogP contribution in [-0.4, -0.2) is 41.0 Å². The number of amides is 1. The molecule has 0 saturated heterocycles. The second-order valence-electron chi connectivity index (χ2n) is 3.95. The van der Waals surface area contributed by atoms with E-state index in [0.717, 1.165) is 13.2 Å². The highest BCUT2D eigenvalue weighted by Gasteiger charge is 2.24. The summed E-state index contributed by atoms with van der Waals surface area (Å²) in [6.07, 6.45) is -0.549. The molecule has 1 aromatic rings. The first-order valence-corrected chi connectivity index (χ1v) is 5.70. The number of ether oxygens (including phenoxy) is 1. The molecule has 0 heterocycles. The number of carboxylic acid groups (broad SMARTS) is 1. The van der Waals surface area contributed by atoms with Crippen LogP contribution in [0.25, 0.3) is 0 Å². The van der Waals surface area contributed by atoms with Crippen LogP contribution in [-0.2, 0) is 14.3 Å². The molecule has 1 unspecified atom stereocenters. The smallest absolute Gasteiger partial charge is 0.326 e. The molecule has 1 rings (SSSR count). The predicted octanol–water partition coefficient (Wildman–Crippen LogP) is 0.341. The van der Waals surface area contributed by atoms with Crippen LogP contribution in [0.15, 0.2) is 24.3 Å². The Hall–Kier alpha value is -2.97. The largest absolute Gasteiger partial charge is 0.480 e. The lowest BCUT2D eigenvalue weighted by molar-refractivity contribution is -0.384. The number of rotatable bonds is 6. The van der Waals surface area contributed by atoms with E-state index in [9.17, 15) is 24.5 Å². The minimum atomic E-state index is -1.48. The topological polar surface area (TPSA) is 136 Å². The molecule has 9 heteroatoms. The highest BCUT2D eigenvalue weighted by molar-refractivity contribution is 5.97. The van der Waals surface area contributed by atoms with Crippen molar-refractivity contribution in [3.8, 4) is 0 Å². The summed E-state index contributed by atoms with van der Waals surface area (Å²) in [7, 11) is 1.09. The first-order valence-electron chi connectivity index (χ1n) is 5.70. The third-order valence-corrected chi connectivity index (χ3v) is 2.52. The quantitative estimate of drug-likeness (QED) is 0.439. The Labute approximate surface area is 118 Å². The Morgan fingerprint density at radius 2 is 2.10 bits per heavy atom. The SMILES string of the molecule is COC(=O)CC(NC(=O)c1cccc([N+](=O)[O-])c1)C(=O)O. The van der Waals surface area contributed by atoms with Gasteiger partial charge in [0.15, 0.2) is 0 Å². The molecular weight excluding hydrogens is 284 g/mol. The molecule has 1 atom stereocenters. The average Bonchev–Trinajstić information content (AvgIpc) is 2.46. The van der Waals surface area contributed by atoms with Gasteiger partial charge in [-0.3, -0.25) is 19.7 Å². The zero-order valence-electron chi connectivity index (χ0n) is 10.9. The predicted molar refractivity (Wildman–Crippen MR) is 68.6 cm³/mol. The number of nitrogens with one attached hydrogen (secondary N) is 1. The van der Waals surface area contributed by atoms with E-state index >= 15 is 0 Å². The van der Waals surface area contributed by atoms with Crippen molar-refractivity contribution in [3.05, 3.63) is 39.9 Å². The van der Waals surface area contributed by atoms with Crippen LogP contribution >= 0.6 is 0 Å². The highest BCUT2D eigenvalue weighted by Crippen LogP contribution is 2.13. The summed E-state index contributed by atoms with van der Waals surface area (Å²) in [5.41, 5.74) is -0.386. The second-order valence-corrected chi connectivity index (χ2v) is 3.95. The Kier molecular flexibility index (Phi) is 5.35. The number of nitro benzene ring substituents is 1. The van der Waals surface area contributed by atoms with Crippen molar-refractivity contribution in [1.82, 2.24) is 5.32 Å². The first kappa shape index (κ1) is 16.1. The van der Waals surface area contributed by atoms with E-state index in [-0.39, 0.29) is 11.3 Å². The van der Waals surface area contributed by atoms with Gasteiger partial charge in [-0.05, 0) is 6.07 Å². The first-order chi connectivity index (χ1) is 9.85. The molecule has 0 aliphatic carbocycles. The third-order valence-electron chi connectivity index (χ3n) is 2.52. The number of nitro groups is 1. The number of benzene rings is 1. The molecule has 2 N–H and O–H groups in total. The van der Waals surface area contributed by atoms with Crippen LogP contribution in [0.2, 0.25) is 0 Å². The Balaban J connectivity index is 2.87. The number of esters is 1. The van der Waals surface area contributed by atoms with E-state index in [2.05, 4.69) is 10.1 Å². The minimum Gasteiger partial charge on any atom is -0.480 e. The fraction of sp³-hybridized carbons (Fsp3) is 0.250. The van der Waals surface area contributed by atoms with Gasteiger partial charge in [-0.15, -0.1) is 0 Å². The second kappa shape index (κ2) is 6.98. The van der Waals surface area contributed by atoms with Gasteiger partial charge in [-0.25, -0.2) is 4.79 Å². The molecule has 0 saturated carbocycles. The number of aliphatic carboxylic acids is 1. The molecule has 0 aliphatic heterocycles. The normalized spacial score (nSPS) is 11.3.